The van der Waals surface area contributed by atoms with Crippen molar-refractivity contribution in [1.82, 2.24) is 4.90 Å². The zero-order chi connectivity index (χ0) is 22.6. The summed E-state index contributed by atoms with van der Waals surface area (Å²) in [6.07, 6.45) is 4.11. The maximum atomic E-state index is 13.1. The average molecular weight is 427 g/mol. The van der Waals surface area contributed by atoms with Crippen LogP contribution in [-0.2, 0) is 9.59 Å². The molecule has 1 saturated heterocycles. The van der Waals surface area contributed by atoms with Crippen LogP contribution in [0.25, 0.3) is 0 Å². The van der Waals surface area contributed by atoms with Gasteiger partial charge in [0.1, 0.15) is 17.7 Å². The van der Waals surface area contributed by atoms with E-state index in [9.17, 15) is 14.0 Å². The Morgan fingerprint density at radius 1 is 1.06 bits per heavy atom. The topological polar surface area (TPSA) is 87.1 Å². The molecule has 1 fully saturated rings. The van der Waals surface area contributed by atoms with Gasteiger partial charge in [0.25, 0.3) is 0 Å². The highest BCUT2D eigenvalue weighted by Gasteiger charge is 2.31. The fourth-order valence-corrected chi connectivity index (χ4v) is 3.34. The zero-order valence-corrected chi connectivity index (χ0v) is 17.1. The molecule has 0 bridgehead atoms. The van der Waals surface area contributed by atoms with E-state index in [1.54, 1.807) is 12.1 Å². The van der Waals surface area contributed by atoms with Crippen LogP contribution < -0.4 is 4.74 Å². The van der Waals surface area contributed by atoms with E-state index in [-0.39, 0.29) is 11.9 Å². The molecule has 0 aliphatic carbocycles. The van der Waals surface area contributed by atoms with Gasteiger partial charge in [-0.3, -0.25) is 4.90 Å². The molecule has 0 amide bonds. The number of likely N-dealkylation sites (tertiary alicyclic amines) is 1. The van der Waals surface area contributed by atoms with E-state index in [0.29, 0.717) is 18.1 Å². The molecule has 0 spiro atoms. The van der Waals surface area contributed by atoms with E-state index >= 15 is 0 Å². The maximum absolute atomic E-state index is 13.1. The van der Waals surface area contributed by atoms with Crippen molar-refractivity contribution < 1.29 is 28.9 Å². The van der Waals surface area contributed by atoms with E-state index in [1.807, 2.05) is 12.1 Å². The average Bonchev–Trinajstić information content (AvgIpc) is 2.76. The Bertz CT molecular complexity index is 867. The van der Waals surface area contributed by atoms with Crippen LogP contribution in [-0.4, -0.2) is 52.8 Å². The molecule has 2 aromatic carbocycles. The molecule has 31 heavy (non-hydrogen) atoms. The predicted octanol–water partition coefficient (Wildman–Crippen LogP) is 3.96. The van der Waals surface area contributed by atoms with Crippen LogP contribution in [0.2, 0.25) is 0 Å². The van der Waals surface area contributed by atoms with E-state index in [0.717, 1.165) is 31.8 Å². The number of ether oxygens (including phenoxy) is 1. The lowest BCUT2D eigenvalue weighted by Gasteiger charge is -2.38. The van der Waals surface area contributed by atoms with Crippen molar-refractivity contribution in [3.8, 4) is 5.75 Å². The smallest absolute Gasteiger partial charge is 0.328 e. The van der Waals surface area contributed by atoms with Crippen molar-refractivity contribution in [1.29, 1.82) is 0 Å². The zero-order valence-electron chi connectivity index (χ0n) is 17.1. The SMILES string of the molecule is C=CCN1CC[C@@H](Oc2ccc(F)cc2)[C@H](c2ccccc2)C1.O=C(O)/C=C/C(=O)O. The first-order valence-electron chi connectivity index (χ1n) is 9.83. The minimum Gasteiger partial charge on any atom is -0.490 e. The van der Waals surface area contributed by atoms with Gasteiger partial charge in [-0.15, -0.1) is 6.58 Å². The van der Waals surface area contributed by atoms with Gasteiger partial charge in [0.2, 0.25) is 0 Å². The Kier molecular flexibility index (Phi) is 9.45. The third kappa shape index (κ3) is 8.44. The molecule has 1 aliphatic heterocycles. The number of rotatable bonds is 7. The molecule has 0 saturated carbocycles. The third-order valence-electron chi connectivity index (χ3n) is 4.72. The maximum Gasteiger partial charge on any atom is 0.328 e. The summed E-state index contributed by atoms with van der Waals surface area (Å²) in [7, 11) is 0. The van der Waals surface area contributed by atoms with Gasteiger partial charge in [-0.25, -0.2) is 14.0 Å². The van der Waals surface area contributed by atoms with Gasteiger partial charge in [0, 0.05) is 37.7 Å². The molecule has 2 N–H and O–H groups in total. The molecule has 3 rings (SSSR count). The molecule has 7 heteroatoms. The first-order chi connectivity index (χ1) is 14.9. The summed E-state index contributed by atoms with van der Waals surface area (Å²) >= 11 is 0. The van der Waals surface area contributed by atoms with Gasteiger partial charge in [-0.1, -0.05) is 36.4 Å². The summed E-state index contributed by atoms with van der Waals surface area (Å²) in [6, 6.07) is 16.8. The Hall–Kier alpha value is -3.45. The third-order valence-corrected chi connectivity index (χ3v) is 4.72. The molecule has 1 heterocycles. The first-order valence-corrected chi connectivity index (χ1v) is 9.83. The summed E-state index contributed by atoms with van der Waals surface area (Å²) in [6.45, 7) is 6.67. The number of aliphatic carboxylic acids is 2. The van der Waals surface area contributed by atoms with Gasteiger partial charge in [0.05, 0.1) is 0 Å². The molecular formula is C24H26FNO5. The minimum atomic E-state index is -1.26. The Morgan fingerprint density at radius 2 is 1.68 bits per heavy atom. The van der Waals surface area contributed by atoms with Crippen LogP contribution in [0.1, 0.15) is 17.9 Å². The molecule has 0 radical (unpaired) electrons. The summed E-state index contributed by atoms with van der Waals surface area (Å²) in [5.41, 5.74) is 1.29. The van der Waals surface area contributed by atoms with Gasteiger partial charge in [0.15, 0.2) is 0 Å². The van der Waals surface area contributed by atoms with Gasteiger partial charge in [-0.05, 0) is 36.2 Å². The van der Waals surface area contributed by atoms with Crippen molar-refractivity contribution in [2.24, 2.45) is 0 Å². The molecule has 2 aromatic rings. The van der Waals surface area contributed by atoms with Crippen LogP contribution in [0.3, 0.4) is 0 Å². The lowest BCUT2D eigenvalue weighted by molar-refractivity contribution is -0.134. The van der Waals surface area contributed by atoms with Crippen molar-refractivity contribution in [2.45, 2.75) is 18.4 Å². The van der Waals surface area contributed by atoms with Crippen LogP contribution in [0.15, 0.2) is 79.4 Å². The second kappa shape index (κ2) is 12.3. The molecule has 1 aliphatic rings. The van der Waals surface area contributed by atoms with Crippen molar-refractivity contribution in [3.63, 3.8) is 0 Å². The van der Waals surface area contributed by atoms with E-state index < -0.39 is 11.9 Å². The number of benzene rings is 2. The number of piperidine rings is 1. The normalized spacial score (nSPS) is 18.6. The molecule has 6 nitrogen and oxygen atoms in total. The standard InChI is InChI=1S/C20H22FNO.C4H4O4/c1-2-13-22-14-12-20(23-18-10-8-17(21)9-11-18)19(15-22)16-6-4-3-5-7-16;5-3(6)1-2-4(7)8/h2-11,19-20H,1,12-15H2;1-2H,(H,5,6)(H,7,8)/b;2-1+/t19-,20+;/m0./s1. The van der Waals surface area contributed by atoms with Crippen LogP contribution in [0.4, 0.5) is 4.39 Å². The highest BCUT2D eigenvalue weighted by atomic mass is 19.1. The van der Waals surface area contributed by atoms with E-state index in [4.69, 9.17) is 14.9 Å². The molecule has 0 unspecified atom stereocenters. The van der Waals surface area contributed by atoms with Crippen LogP contribution in [0, 0.1) is 5.82 Å². The minimum absolute atomic E-state index is 0.101. The number of halogens is 1. The lowest BCUT2D eigenvalue weighted by Crippen LogP contribution is -2.44. The highest BCUT2D eigenvalue weighted by molar-refractivity contribution is 5.89. The second-order valence-electron chi connectivity index (χ2n) is 6.97. The van der Waals surface area contributed by atoms with Crippen molar-refractivity contribution in [3.05, 3.63) is 90.8 Å². The number of nitrogens with zero attached hydrogens (tertiary/aromatic N) is 1. The molecule has 164 valence electrons. The van der Waals surface area contributed by atoms with E-state index in [1.165, 1.54) is 17.7 Å². The van der Waals surface area contributed by atoms with Gasteiger partial charge >= 0.3 is 11.9 Å². The summed E-state index contributed by atoms with van der Waals surface area (Å²) in [5, 5.41) is 15.6. The highest BCUT2D eigenvalue weighted by Crippen LogP contribution is 2.30. The Balaban J connectivity index is 0.000000366. The van der Waals surface area contributed by atoms with E-state index in [2.05, 4.69) is 35.7 Å². The Labute approximate surface area is 180 Å². The van der Waals surface area contributed by atoms with Crippen LogP contribution >= 0.6 is 0 Å². The predicted molar refractivity (Wildman–Crippen MR) is 116 cm³/mol. The first kappa shape index (κ1) is 23.8. The lowest BCUT2D eigenvalue weighted by atomic mass is 9.87. The summed E-state index contributed by atoms with van der Waals surface area (Å²) in [4.78, 5) is 21.5. The number of carboxylic acids is 2. The summed E-state index contributed by atoms with van der Waals surface area (Å²) < 4.78 is 19.3. The van der Waals surface area contributed by atoms with Crippen LogP contribution in [0.5, 0.6) is 5.75 Å². The molecular weight excluding hydrogens is 401 g/mol. The monoisotopic (exact) mass is 427 g/mol. The molecule has 2 atom stereocenters. The largest absolute Gasteiger partial charge is 0.490 e. The quantitative estimate of drug-likeness (QED) is 0.514. The number of hydrogen-bond acceptors (Lipinski definition) is 4. The summed E-state index contributed by atoms with van der Waals surface area (Å²) in [5.74, 6) is -1.72. The second-order valence-corrected chi connectivity index (χ2v) is 6.97. The number of carbonyl (C=O) groups is 2. The fourth-order valence-electron chi connectivity index (χ4n) is 3.34. The Morgan fingerprint density at radius 3 is 2.23 bits per heavy atom. The van der Waals surface area contributed by atoms with Gasteiger partial charge < -0.3 is 14.9 Å². The van der Waals surface area contributed by atoms with Crippen molar-refractivity contribution >= 4 is 11.9 Å². The van der Waals surface area contributed by atoms with Gasteiger partial charge in [-0.2, -0.15) is 0 Å². The van der Waals surface area contributed by atoms with Crippen molar-refractivity contribution in [2.75, 3.05) is 19.6 Å². The number of carboxylic acid groups (broad SMARTS) is 2. The number of hydrogen-bond donors (Lipinski definition) is 2. The fraction of sp³-hybridized carbons (Fsp3) is 0.250. The molecule has 0 aromatic heterocycles.